The van der Waals surface area contributed by atoms with Gasteiger partial charge in [0.05, 0.1) is 16.9 Å². The molecular weight excluding hydrogens is 541 g/mol. The van der Waals surface area contributed by atoms with E-state index < -0.39 is 11.4 Å². The smallest absolute Gasteiger partial charge is 0.410 e. The molecule has 3 aliphatic rings. The number of hydrogen-bond acceptors (Lipinski definition) is 9. The summed E-state index contributed by atoms with van der Waals surface area (Å²) < 4.78 is 36.2. The molecule has 5 heterocycles. The van der Waals surface area contributed by atoms with E-state index in [0.717, 1.165) is 30.3 Å². The van der Waals surface area contributed by atoms with Gasteiger partial charge in [-0.3, -0.25) is 0 Å². The number of piperazine rings is 1. The molecule has 0 bridgehead atoms. The van der Waals surface area contributed by atoms with Crippen LogP contribution in [0.15, 0.2) is 24.5 Å². The molecule has 4 aromatic rings. The molecule has 7 rings (SSSR count). The Morgan fingerprint density at radius 1 is 1.14 bits per heavy atom. The van der Waals surface area contributed by atoms with E-state index >= 15 is 4.39 Å². The summed E-state index contributed by atoms with van der Waals surface area (Å²) in [7, 11) is 0. The van der Waals surface area contributed by atoms with Gasteiger partial charge in [0, 0.05) is 37.4 Å². The highest BCUT2D eigenvalue weighted by Gasteiger charge is 2.37. The second-order valence-electron chi connectivity index (χ2n) is 12.2. The van der Waals surface area contributed by atoms with Crippen molar-refractivity contribution in [2.24, 2.45) is 0 Å². The number of amides is 1. The standard InChI is InChI=1S/C30H34FN7O4/c1-17-8-9-20-26(34-35-38(20)22-7-5-6-12-40-22)23(17)19-13-21-24-27(25(19)31)32-16-33-28(24)37-11-10-36(14-18(37)15-41-21)29(39)42-30(2,3)4/h8-9,13,16,18,22H,5-7,10-12,14-15H2,1-4H3. The maximum Gasteiger partial charge on any atom is 0.410 e. The van der Waals surface area contributed by atoms with Gasteiger partial charge in [0.1, 0.15) is 41.1 Å². The van der Waals surface area contributed by atoms with Crippen LogP contribution in [0.2, 0.25) is 0 Å². The van der Waals surface area contributed by atoms with Crippen molar-refractivity contribution in [3.05, 3.63) is 35.9 Å². The van der Waals surface area contributed by atoms with Crippen LogP contribution >= 0.6 is 0 Å². The van der Waals surface area contributed by atoms with Crippen LogP contribution in [0.5, 0.6) is 5.75 Å². The fourth-order valence-electron chi connectivity index (χ4n) is 6.21. The molecule has 2 unspecified atom stereocenters. The monoisotopic (exact) mass is 575 g/mol. The highest BCUT2D eigenvalue weighted by molar-refractivity contribution is 6.02. The Bertz CT molecular complexity index is 1700. The van der Waals surface area contributed by atoms with E-state index in [-0.39, 0.29) is 30.5 Å². The molecule has 1 amide bonds. The van der Waals surface area contributed by atoms with Crippen LogP contribution in [0.1, 0.15) is 51.8 Å². The Hall–Kier alpha value is -4.06. The van der Waals surface area contributed by atoms with Gasteiger partial charge in [-0.25, -0.2) is 23.8 Å². The first kappa shape index (κ1) is 26.8. The van der Waals surface area contributed by atoms with Gasteiger partial charge in [-0.15, -0.1) is 5.10 Å². The average molecular weight is 576 g/mol. The maximum atomic E-state index is 16.5. The van der Waals surface area contributed by atoms with E-state index in [9.17, 15) is 4.79 Å². The number of benzene rings is 2. The minimum Gasteiger partial charge on any atom is -0.490 e. The summed E-state index contributed by atoms with van der Waals surface area (Å²) in [6.45, 7) is 9.81. The summed E-state index contributed by atoms with van der Waals surface area (Å²) >= 11 is 0. The van der Waals surface area contributed by atoms with Crippen molar-refractivity contribution in [1.82, 2.24) is 29.9 Å². The molecular formula is C30H34FN7O4. The zero-order valence-electron chi connectivity index (χ0n) is 24.3. The Kier molecular flexibility index (Phi) is 6.41. The van der Waals surface area contributed by atoms with Gasteiger partial charge in [0.25, 0.3) is 0 Å². The van der Waals surface area contributed by atoms with E-state index in [4.69, 9.17) is 14.2 Å². The Balaban J connectivity index is 1.29. The van der Waals surface area contributed by atoms with E-state index in [1.54, 1.807) is 15.6 Å². The van der Waals surface area contributed by atoms with Crippen molar-refractivity contribution in [2.45, 2.75) is 64.8 Å². The van der Waals surface area contributed by atoms with Gasteiger partial charge in [-0.1, -0.05) is 11.3 Å². The highest BCUT2D eigenvalue weighted by atomic mass is 19.1. The predicted molar refractivity (Wildman–Crippen MR) is 154 cm³/mol. The van der Waals surface area contributed by atoms with Crippen LogP contribution in [0.4, 0.5) is 15.0 Å². The first-order valence-electron chi connectivity index (χ1n) is 14.5. The lowest BCUT2D eigenvalue weighted by molar-refractivity contribution is -0.0377. The van der Waals surface area contributed by atoms with Crippen molar-refractivity contribution in [1.29, 1.82) is 0 Å². The van der Waals surface area contributed by atoms with Gasteiger partial charge < -0.3 is 24.0 Å². The van der Waals surface area contributed by atoms with Gasteiger partial charge in [0.15, 0.2) is 12.0 Å². The average Bonchev–Trinajstić information content (AvgIpc) is 3.33. The zero-order valence-corrected chi connectivity index (χ0v) is 24.3. The number of fused-ring (bicyclic) bond motifs is 3. The van der Waals surface area contributed by atoms with Crippen LogP contribution in [-0.2, 0) is 9.47 Å². The Labute approximate surface area is 242 Å². The minimum absolute atomic E-state index is 0.183. The van der Waals surface area contributed by atoms with Crippen molar-refractivity contribution in [3.8, 4) is 16.9 Å². The molecule has 220 valence electrons. The lowest BCUT2D eigenvalue weighted by atomic mass is 9.96. The summed E-state index contributed by atoms with van der Waals surface area (Å²) in [6.07, 6.45) is 3.77. The normalized spacial score (nSPS) is 20.8. The molecule has 42 heavy (non-hydrogen) atoms. The first-order valence-corrected chi connectivity index (χ1v) is 14.5. The summed E-state index contributed by atoms with van der Waals surface area (Å²) in [5, 5.41) is 9.45. The third-order valence-electron chi connectivity index (χ3n) is 8.18. The molecule has 0 spiro atoms. The third kappa shape index (κ3) is 4.48. The molecule has 2 fully saturated rings. The third-order valence-corrected chi connectivity index (χ3v) is 8.18. The van der Waals surface area contributed by atoms with Crippen molar-refractivity contribution in [2.75, 3.05) is 37.7 Å². The van der Waals surface area contributed by atoms with E-state index in [1.807, 2.05) is 39.8 Å². The molecule has 12 heteroatoms. The number of hydrogen-bond donors (Lipinski definition) is 0. The molecule has 0 radical (unpaired) electrons. The molecule has 2 saturated heterocycles. The van der Waals surface area contributed by atoms with E-state index in [2.05, 4.69) is 25.2 Å². The number of halogens is 1. The fourth-order valence-corrected chi connectivity index (χ4v) is 6.21. The van der Waals surface area contributed by atoms with E-state index in [0.29, 0.717) is 59.8 Å². The van der Waals surface area contributed by atoms with Crippen molar-refractivity contribution >= 4 is 33.8 Å². The van der Waals surface area contributed by atoms with Crippen LogP contribution in [0.25, 0.3) is 33.1 Å². The largest absolute Gasteiger partial charge is 0.490 e. The summed E-state index contributed by atoms with van der Waals surface area (Å²) in [5.74, 6) is 0.627. The molecule has 11 nitrogen and oxygen atoms in total. The maximum absolute atomic E-state index is 16.5. The molecule has 3 aliphatic heterocycles. The Morgan fingerprint density at radius 3 is 2.79 bits per heavy atom. The lowest BCUT2D eigenvalue weighted by Crippen LogP contribution is -2.57. The Morgan fingerprint density at radius 2 is 2.00 bits per heavy atom. The number of carbonyl (C=O) groups is 1. The second-order valence-corrected chi connectivity index (χ2v) is 12.2. The quantitative estimate of drug-likeness (QED) is 0.326. The molecule has 0 aliphatic carbocycles. The number of carbonyl (C=O) groups excluding carboxylic acids is 1. The molecule has 2 atom stereocenters. The van der Waals surface area contributed by atoms with Gasteiger partial charge in [-0.05, 0) is 64.7 Å². The molecule has 2 aromatic carbocycles. The molecule has 0 N–H and O–H groups in total. The number of aryl methyl sites for hydroxylation is 1. The number of rotatable bonds is 2. The minimum atomic E-state index is -0.590. The topological polar surface area (TPSA) is 108 Å². The first-order chi connectivity index (χ1) is 20.2. The fraction of sp³-hybridized carbons (Fsp3) is 0.500. The van der Waals surface area contributed by atoms with E-state index in [1.165, 1.54) is 6.33 Å². The second kappa shape index (κ2) is 10.0. The van der Waals surface area contributed by atoms with Crippen molar-refractivity contribution < 1.29 is 23.4 Å². The summed E-state index contributed by atoms with van der Waals surface area (Å²) in [6, 6.07) is 5.46. The number of nitrogens with zero attached hydrogens (tertiary/aromatic N) is 7. The number of ether oxygens (including phenoxy) is 3. The van der Waals surface area contributed by atoms with Gasteiger partial charge in [0.2, 0.25) is 0 Å². The summed E-state index contributed by atoms with van der Waals surface area (Å²) in [4.78, 5) is 25.6. The van der Waals surface area contributed by atoms with Crippen LogP contribution in [0, 0.1) is 12.7 Å². The summed E-state index contributed by atoms with van der Waals surface area (Å²) in [5.41, 5.74) is 2.83. The van der Waals surface area contributed by atoms with Crippen molar-refractivity contribution in [3.63, 3.8) is 0 Å². The SMILES string of the molecule is Cc1ccc2c(nnn2C2CCCCO2)c1-c1cc2c3c(ncnc3c1F)N1CCN(C(=O)OC(C)(C)C)CC1CO2. The molecule has 2 aromatic heterocycles. The lowest BCUT2D eigenvalue weighted by Gasteiger charge is -2.41. The molecule has 0 saturated carbocycles. The number of aromatic nitrogens is 5. The van der Waals surface area contributed by atoms with Gasteiger partial charge >= 0.3 is 6.09 Å². The predicted octanol–water partition coefficient (Wildman–Crippen LogP) is 5.01. The van der Waals surface area contributed by atoms with Gasteiger partial charge in [-0.2, -0.15) is 0 Å². The van der Waals surface area contributed by atoms with Crippen LogP contribution in [0.3, 0.4) is 0 Å². The zero-order chi connectivity index (χ0) is 29.2. The highest BCUT2D eigenvalue weighted by Crippen LogP contribution is 2.43. The van der Waals surface area contributed by atoms with Crippen LogP contribution < -0.4 is 9.64 Å². The van der Waals surface area contributed by atoms with Crippen LogP contribution in [-0.4, -0.2) is 80.4 Å². The number of anilines is 1.